The Labute approximate surface area is 179 Å². The Morgan fingerprint density at radius 1 is 1.10 bits per heavy atom. The number of likely N-dealkylation sites (tertiary alicyclic amines) is 1. The predicted molar refractivity (Wildman–Crippen MR) is 119 cm³/mol. The lowest BCUT2D eigenvalue weighted by Gasteiger charge is -2.18. The van der Waals surface area contributed by atoms with Gasteiger partial charge in [0.05, 0.1) is 6.61 Å². The molecule has 2 aromatic rings. The third-order valence-electron chi connectivity index (χ3n) is 5.27. The first-order valence-corrected chi connectivity index (χ1v) is 10.6. The Morgan fingerprint density at radius 3 is 2.63 bits per heavy atom. The maximum Gasteiger partial charge on any atom is 0.259 e. The van der Waals surface area contributed by atoms with Gasteiger partial charge in [-0.2, -0.15) is 0 Å². The van der Waals surface area contributed by atoms with Crippen molar-refractivity contribution in [1.29, 1.82) is 0 Å². The van der Waals surface area contributed by atoms with E-state index >= 15 is 0 Å². The van der Waals surface area contributed by atoms with E-state index < -0.39 is 0 Å². The van der Waals surface area contributed by atoms with Gasteiger partial charge in [-0.15, -0.1) is 0 Å². The van der Waals surface area contributed by atoms with Crippen LogP contribution >= 0.6 is 0 Å². The van der Waals surface area contributed by atoms with Crippen LogP contribution in [-0.2, 0) is 17.9 Å². The molecule has 0 saturated carbocycles. The Balaban J connectivity index is 1.51. The van der Waals surface area contributed by atoms with Crippen molar-refractivity contribution >= 4 is 5.91 Å². The van der Waals surface area contributed by atoms with Gasteiger partial charge in [0, 0.05) is 46.3 Å². The number of ether oxygens (including phenoxy) is 2. The molecule has 1 aliphatic heterocycles. The number of benzene rings is 2. The molecular formula is C24H33N3O3. The highest BCUT2D eigenvalue weighted by Crippen LogP contribution is 2.28. The van der Waals surface area contributed by atoms with Crippen molar-refractivity contribution in [1.82, 2.24) is 15.1 Å². The van der Waals surface area contributed by atoms with E-state index in [9.17, 15) is 4.79 Å². The lowest BCUT2D eigenvalue weighted by molar-refractivity contribution is -0.130. The van der Waals surface area contributed by atoms with Gasteiger partial charge in [0.2, 0.25) is 0 Å². The van der Waals surface area contributed by atoms with Crippen molar-refractivity contribution in [3.8, 4) is 11.5 Å². The van der Waals surface area contributed by atoms with Crippen molar-refractivity contribution in [3.63, 3.8) is 0 Å². The molecule has 1 aliphatic rings. The minimum atomic E-state index is -0.0792. The molecule has 1 N–H and O–H groups in total. The topological polar surface area (TPSA) is 54.0 Å². The molecule has 1 atom stereocenters. The van der Waals surface area contributed by atoms with Gasteiger partial charge < -0.3 is 19.7 Å². The molecule has 2 aromatic carbocycles. The number of rotatable bonds is 10. The third kappa shape index (κ3) is 6.47. The maximum absolute atomic E-state index is 11.8. The summed E-state index contributed by atoms with van der Waals surface area (Å²) in [6.07, 6.45) is 1.15. The normalized spacial score (nSPS) is 16.4. The van der Waals surface area contributed by atoms with Crippen LogP contribution in [0.2, 0.25) is 0 Å². The molecular weight excluding hydrogens is 378 g/mol. The van der Waals surface area contributed by atoms with E-state index in [1.54, 1.807) is 14.1 Å². The second-order valence-corrected chi connectivity index (χ2v) is 7.88. The van der Waals surface area contributed by atoms with Gasteiger partial charge in [-0.1, -0.05) is 36.4 Å². The van der Waals surface area contributed by atoms with Gasteiger partial charge >= 0.3 is 0 Å². The number of carbonyl (C=O) groups excluding carboxylic acids is 1. The van der Waals surface area contributed by atoms with Crippen molar-refractivity contribution in [2.45, 2.75) is 32.5 Å². The summed E-state index contributed by atoms with van der Waals surface area (Å²) in [5.41, 5.74) is 2.51. The number of hydrogen-bond donors (Lipinski definition) is 1. The van der Waals surface area contributed by atoms with Crippen LogP contribution in [0.1, 0.15) is 24.5 Å². The van der Waals surface area contributed by atoms with E-state index in [0.717, 1.165) is 38.2 Å². The van der Waals surface area contributed by atoms with Gasteiger partial charge in [0.15, 0.2) is 18.1 Å². The van der Waals surface area contributed by atoms with Crippen LogP contribution in [0.15, 0.2) is 48.5 Å². The van der Waals surface area contributed by atoms with Crippen molar-refractivity contribution in [2.24, 2.45) is 0 Å². The first-order valence-electron chi connectivity index (χ1n) is 10.6. The molecule has 0 radical (unpaired) electrons. The van der Waals surface area contributed by atoms with Crippen LogP contribution in [0.25, 0.3) is 0 Å². The number of nitrogens with zero attached hydrogens (tertiary/aromatic N) is 2. The minimum absolute atomic E-state index is 0.00396. The number of likely N-dealkylation sites (N-methyl/N-ethyl adjacent to an activating group) is 1. The highest BCUT2D eigenvalue weighted by Gasteiger charge is 2.22. The fraction of sp³-hybridized carbons (Fsp3) is 0.458. The van der Waals surface area contributed by atoms with Crippen LogP contribution in [0, 0.1) is 0 Å². The molecule has 1 amide bonds. The molecule has 0 aliphatic carbocycles. The van der Waals surface area contributed by atoms with E-state index in [1.165, 1.54) is 10.5 Å². The number of hydrogen-bond acceptors (Lipinski definition) is 5. The molecule has 1 unspecified atom stereocenters. The number of amides is 1. The van der Waals surface area contributed by atoms with E-state index in [2.05, 4.69) is 40.5 Å². The molecule has 1 fully saturated rings. The molecule has 162 valence electrons. The molecule has 0 spiro atoms. The zero-order valence-electron chi connectivity index (χ0n) is 18.3. The van der Waals surface area contributed by atoms with Gasteiger partial charge in [-0.3, -0.25) is 9.69 Å². The van der Waals surface area contributed by atoms with Crippen molar-refractivity contribution in [3.05, 3.63) is 59.7 Å². The van der Waals surface area contributed by atoms with Crippen LogP contribution in [0.4, 0.5) is 0 Å². The summed E-state index contributed by atoms with van der Waals surface area (Å²) >= 11 is 0. The van der Waals surface area contributed by atoms with Crippen molar-refractivity contribution < 1.29 is 14.3 Å². The van der Waals surface area contributed by atoms with Crippen molar-refractivity contribution in [2.75, 3.05) is 40.4 Å². The average Bonchev–Trinajstić information content (AvgIpc) is 3.19. The smallest absolute Gasteiger partial charge is 0.259 e. The molecule has 1 saturated heterocycles. The average molecular weight is 412 g/mol. The minimum Gasteiger partial charge on any atom is -0.490 e. The summed E-state index contributed by atoms with van der Waals surface area (Å²) in [5, 5.41) is 3.67. The molecule has 0 aromatic heterocycles. The monoisotopic (exact) mass is 411 g/mol. The van der Waals surface area contributed by atoms with Gasteiger partial charge in [0.1, 0.15) is 0 Å². The van der Waals surface area contributed by atoms with E-state index in [0.29, 0.717) is 24.1 Å². The Bertz CT molecular complexity index is 811. The summed E-state index contributed by atoms with van der Waals surface area (Å²) in [6.45, 7) is 6.45. The van der Waals surface area contributed by atoms with Gasteiger partial charge in [-0.25, -0.2) is 0 Å². The highest BCUT2D eigenvalue weighted by molar-refractivity contribution is 5.77. The molecule has 0 bridgehead atoms. The SMILES string of the molecule is CCOc1cc(CNC2CCN(Cc3ccccc3)C2)ccc1OCC(=O)N(C)C. The maximum atomic E-state index is 11.8. The fourth-order valence-corrected chi connectivity index (χ4v) is 3.57. The second kappa shape index (κ2) is 11.0. The first-order chi connectivity index (χ1) is 14.5. The van der Waals surface area contributed by atoms with Crippen LogP contribution in [0.3, 0.4) is 0 Å². The van der Waals surface area contributed by atoms with E-state index in [1.807, 2.05) is 25.1 Å². The molecule has 6 heteroatoms. The van der Waals surface area contributed by atoms with Gasteiger partial charge in [0.25, 0.3) is 5.91 Å². The summed E-state index contributed by atoms with van der Waals surface area (Å²) in [7, 11) is 3.43. The molecule has 30 heavy (non-hydrogen) atoms. The summed E-state index contributed by atoms with van der Waals surface area (Å²) in [6, 6.07) is 17.0. The lowest BCUT2D eigenvalue weighted by atomic mass is 10.1. The van der Waals surface area contributed by atoms with Crippen LogP contribution in [0.5, 0.6) is 11.5 Å². The summed E-state index contributed by atoms with van der Waals surface area (Å²) < 4.78 is 11.4. The summed E-state index contributed by atoms with van der Waals surface area (Å²) in [4.78, 5) is 15.8. The van der Waals surface area contributed by atoms with Gasteiger partial charge in [-0.05, 0) is 36.6 Å². The fourth-order valence-electron chi connectivity index (χ4n) is 3.57. The number of nitrogens with one attached hydrogen (secondary N) is 1. The van der Waals surface area contributed by atoms with E-state index in [-0.39, 0.29) is 12.5 Å². The zero-order chi connectivity index (χ0) is 21.3. The highest BCUT2D eigenvalue weighted by atomic mass is 16.5. The quantitative estimate of drug-likeness (QED) is 0.652. The lowest BCUT2D eigenvalue weighted by Crippen LogP contribution is -2.32. The zero-order valence-corrected chi connectivity index (χ0v) is 18.3. The largest absolute Gasteiger partial charge is 0.490 e. The number of carbonyl (C=O) groups is 1. The predicted octanol–water partition coefficient (Wildman–Crippen LogP) is 2.92. The third-order valence-corrected chi connectivity index (χ3v) is 5.27. The molecule has 3 rings (SSSR count). The summed E-state index contributed by atoms with van der Waals surface area (Å²) in [5.74, 6) is 1.20. The second-order valence-electron chi connectivity index (χ2n) is 7.88. The van der Waals surface area contributed by atoms with E-state index in [4.69, 9.17) is 9.47 Å². The molecule has 6 nitrogen and oxygen atoms in total. The Kier molecular flexibility index (Phi) is 8.11. The Hall–Kier alpha value is -2.57. The first kappa shape index (κ1) is 22.1. The van der Waals surface area contributed by atoms with Crippen LogP contribution < -0.4 is 14.8 Å². The Morgan fingerprint density at radius 2 is 1.90 bits per heavy atom. The van der Waals surface area contributed by atoms with Crippen LogP contribution in [-0.4, -0.2) is 62.1 Å². The standard InChI is InChI=1S/C24H33N3O3/c1-4-29-23-14-20(10-11-22(23)30-18-24(28)26(2)3)15-25-21-12-13-27(17-21)16-19-8-6-5-7-9-19/h5-11,14,21,25H,4,12-13,15-18H2,1-3H3. The molecule has 1 heterocycles.